The molecule has 0 saturated heterocycles. The number of phenols is 2. The van der Waals surface area contributed by atoms with Gasteiger partial charge in [0.05, 0.1) is 10.6 Å². The van der Waals surface area contributed by atoms with Gasteiger partial charge in [0.1, 0.15) is 11.4 Å². The topological polar surface area (TPSA) is 128 Å². The molecule has 8 nitrogen and oxygen atoms in total. The molecule has 0 radical (unpaired) electrons. The summed E-state index contributed by atoms with van der Waals surface area (Å²) >= 11 is 0. The fourth-order valence-electron chi connectivity index (χ4n) is 3.11. The highest BCUT2D eigenvalue weighted by atomic mass is 32.2. The van der Waals surface area contributed by atoms with Gasteiger partial charge in [-0.05, 0) is 36.4 Å². The number of fused-ring (bicyclic) bond motifs is 1. The summed E-state index contributed by atoms with van der Waals surface area (Å²) in [5.74, 6) is -1.09. The highest BCUT2D eigenvalue weighted by Gasteiger charge is 2.18. The van der Waals surface area contributed by atoms with Gasteiger partial charge in [-0.1, -0.05) is 48.5 Å². The number of carbonyl (C=O) groups is 1. The number of azo groups is 1. The molecule has 0 aliphatic heterocycles. The number of hydrogen-bond donors (Lipinski definition) is 3. The molecule has 0 saturated carbocycles. The van der Waals surface area contributed by atoms with Crippen LogP contribution in [0.1, 0.15) is 10.4 Å². The lowest BCUT2D eigenvalue weighted by molar-refractivity contribution is 0.0994. The number of sulfonamides is 1. The van der Waals surface area contributed by atoms with Crippen molar-refractivity contribution in [1.82, 2.24) is 0 Å². The van der Waals surface area contributed by atoms with Gasteiger partial charge in [-0.15, -0.1) is 10.2 Å². The van der Waals surface area contributed by atoms with E-state index in [0.29, 0.717) is 10.8 Å². The molecule has 0 aliphatic rings. The largest absolute Gasteiger partial charge is 0.508 e. The first kappa shape index (κ1) is 21.0. The van der Waals surface area contributed by atoms with Gasteiger partial charge in [0.25, 0.3) is 15.9 Å². The van der Waals surface area contributed by atoms with E-state index in [2.05, 4.69) is 15.0 Å². The van der Waals surface area contributed by atoms with Gasteiger partial charge in [-0.2, -0.15) is 0 Å². The Morgan fingerprint density at radius 2 is 1.50 bits per heavy atom. The van der Waals surface area contributed by atoms with Crippen LogP contribution in [0.4, 0.5) is 11.4 Å². The van der Waals surface area contributed by atoms with E-state index >= 15 is 0 Å². The minimum Gasteiger partial charge on any atom is -0.508 e. The van der Waals surface area contributed by atoms with E-state index in [9.17, 15) is 23.4 Å². The van der Waals surface area contributed by atoms with E-state index in [1.54, 1.807) is 42.5 Å². The summed E-state index contributed by atoms with van der Waals surface area (Å²) in [6.45, 7) is 0. The quantitative estimate of drug-likeness (QED) is 0.294. The summed E-state index contributed by atoms with van der Waals surface area (Å²) in [6.07, 6.45) is 0. The Bertz CT molecular complexity index is 1450. The predicted molar refractivity (Wildman–Crippen MR) is 120 cm³/mol. The van der Waals surface area contributed by atoms with E-state index in [0.717, 1.165) is 0 Å². The van der Waals surface area contributed by atoms with Crippen molar-refractivity contribution in [1.29, 1.82) is 0 Å². The lowest BCUT2D eigenvalue weighted by Gasteiger charge is -2.13. The molecule has 1 amide bonds. The fraction of sp³-hybridized carbons (Fsp3) is 0. The third-order valence-corrected chi connectivity index (χ3v) is 6.02. The third-order valence-electron chi connectivity index (χ3n) is 4.64. The smallest absolute Gasteiger partial charge is 0.295 e. The maximum absolute atomic E-state index is 12.8. The van der Waals surface area contributed by atoms with Gasteiger partial charge in [-0.3, -0.25) is 9.52 Å². The van der Waals surface area contributed by atoms with Gasteiger partial charge in [0.2, 0.25) is 0 Å². The van der Waals surface area contributed by atoms with E-state index in [-0.39, 0.29) is 33.3 Å². The number of benzene rings is 4. The molecule has 0 atom stereocenters. The zero-order valence-corrected chi connectivity index (χ0v) is 17.3. The van der Waals surface area contributed by atoms with Crippen molar-refractivity contribution in [3.63, 3.8) is 0 Å². The summed E-state index contributed by atoms with van der Waals surface area (Å²) in [5.41, 5.74) is 0.183. The van der Waals surface area contributed by atoms with Crippen LogP contribution in [0.3, 0.4) is 0 Å². The second kappa shape index (κ2) is 8.48. The average Bonchev–Trinajstić information content (AvgIpc) is 2.80. The SMILES string of the molecule is O=C(N=Nc1cc(NS(=O)(=O)c2ccccc2)c2ccccc2c1O)c1cccc(O)c1. The number of aromatic hydroxyl groups is 2. The molecule has 32 heavy (non-hydrogen) atoms. The molecule has 0 aliphatic carbocycles. The van der Waals surface area contributed by atoms with Crippen molar-refractivity contribution >= 4 is 38.1 Å². The molecule has 0 aromatic heterocycles. The van der Waals surface area contributed by atoms with Crippen molar-refractivity contribution in [2.75, 3.05) is 4.72 Å². The summed E-state index contributed by atoms with van der Waals surface area (Å²) in [5, 5.41) is 28.4. The highest BCUT2D eigenvalue weighted by Crippen LogP contribution is 2.40. The maximum Gasteiger partial charge on any atom is 0.295 e. The maximum atomic E-state index is 12.8. The molecule has 4 rings (SSSR count). The van der Waals surface area contributed by atoms with E-state index in [1.807, 2.05) is 0 Å². The van der Waals surface area contributed by atoms with Crippen molar-refractivity contribution in [3.8, 4) is 11.5 Å². The van der Waals surface area contributed by atoms with Crippen LogP contribution in [0.5, 0.6) is 11.5 Å². The second-order valence-corrected chi connectivity index (χ2v) is 8.49. The molecule has 160 valence electrons. The molecule has 3 N–H and O–H groups in total. The molecule has 4 aromatic rings. The molecular weight excluding hydrogens is 430 g/mol. The van der Waals surface area contributed by atoms with Crippen LogP contribution in [0, 0.1) is 0 Å². The van der Waals surface area contributed by atoms with Gasteiger partial charge < -0.3 is 10.2 Å². The molecule has 0 fully saturated rings. The highest BCUT2D eigenvalue weighted by molar-refractivity contribution is 7.92. The molecule has 0 unspecified atom stereocenters. The average molecular weight is 447 g/mol. The van der Waals surface area contributed by atoms with Gasteiger partial charge in [0.15, 0.2) is 5.75 Å². The van der Waals surface area contributed by atoms with Crippen LogP contribution in [-0.2, 0) is 10.0 Å². The van der Waals surface area contributed by atoms with Crippen LogP contribution in [-0.4, -0.2) is 24.5 Å². The first-order valence-electron chi connectivity index (χ1n) is 9.43. The first-order valence-corrected chi connectivity index (χ1v) is 10.9. The van der Waals surface area contributed by atoms with Gasteiger partial charge >= 0.3 is 0 Å². The normalized spacial score (nSPS) is 11.6. The number of nitrogens with zero attached hydrogens (tertiary/aromatic N) is 2. The molecule has 9 heteroatoms. The zero-order chi connectivity index (χ0) is 22.7. The van der Waals surface area contributed by atoms with E-state index in [1.165, 1.54) is 42.5 Å². The van der Waals surface area contributed by atoms with Gasteiger partial charge in [0, 0.05) is 16.3 Å². The van der Waals surface area contributed by atoms with Crippen molar-refractivity contribution in [2.24, 2.45) is 10.2 Å². The molecule has 0 spiro atoms. The van der Waals surface area contributed by atoms with E-state index in [4.69, 9.17) is 0 Å². The Kier molecular flexibility index (Phi) is 5.57. The second-order valence-electron chi connectivity index (χ2n) is 6.81. The lowest BCUT2D eigenvalue weighted by atomic mass is 10.1. The van der Waals surface area contributed by atoms with Crippen molar-refractivity contribution < 1.29 is 23.4 Å². The summed E-state index contributed by atoms with van der Waals surface area (Å²) < 4.78 is 28.2. The molecule has 0 bridgehead atoms. The predicted octanol–water partition coefficient (Wildman–Crippen LogP) is 4.98. The van der Waals surface area contributed by atoms with Crippen LogP contribution in [0.15, 0.2) is 100 Å². The number of hydrogen-bond acceptors (Lipinski definition) is 6. The van der Waals surface area contributed by atoms with E-state index < -0.39 is 15.9 Å². The fourth-order valence-corrected chi connectivity index (χ4v) is 4.20. The van der Waals surface area contributed by atoms with Crippen LogP contribution >= 0.6 is 0 Å². The van der Waals surface area contributed by atoms with Crippen LogP contribution in [0.2, 0.25) is 0 Å². The minimum atomic E-state index is -3.91. The van der Waals surface area contributed by atoms with Crippen LogP contribution < -0.4 is 4.72 Å². The monoisotopic (exact) mass is 447 g/mol. The van der Waals surface area contributed by atoms with Crippen molar-refractivity contribution in [3.05, 3.63) is 90.5 Å². The standard InChI is InChI=1S/C23H17N3O5S/c27-16-8-6-7-15(13-16)23(29)25-24-21-14-20(18-11-4-5-12-19(18)22(21)28)26-32(30,31)17-9-2-1-3-10-17/h1-14,26-28H. The number of anilines is 1. The molecular formula is C23H17N3O5S. The molecule has 4 aromatic carbocycles. The summed E-state index contributed by atoms with van der Waals surface area (Å²) in [7, 11) is -3.91. The number of carbonyl (C=O) groups excluding carboxylic acids is 1. The van der Waals surface area contributed by atoms with Gasteiger partial charge in [-0.25, -0.2) is 8.42 Å². The summed E-state index contributed by atoms with van der Waals surface area (Å²) in [4.78, 5) is 12.3. The number of phenolic OH excluding ortho intramolecular Hbond substituents is 2. The Balaban J connectivity index is 1.76. The minimum absolute atomic E-state index is 0.0689. The number of nitrogens with one attached hydrogen (secondary N) is 1. The Labute approximate surface area is 183 Å². The zero-order valence-electron chi connectivity index (χ0n) is 16.5. The third kappa shape index (κ3) is 4.28. The van der Waals surface area contributed by atoms with Crippen molar-refractivity contribution in [2.45, 2.75) is 4.90 Å². The Morgan fingerprint density at radius 1 is 0.812 bits per heavy atom. The number of rotatable bonds is 5. The number of amides is 1. The first-order chi connectivity index (χ1) is 15.3. The summed E-state index contributed by atoms with van der Waals surface area (Å²) in [6, 6.07) is 21.4. The Hall–Kier alpha value is -4.24. The Morgan fingerprint density at radius 3 is 2.22 bits per heavy atom. The van der Waals surface area contributed by atoms with Crippen LogP contribution in [0.25, 0.3) is 10.8 Å². The molecule has 0 heterocycles. The lowest BCUT2D eigenvalue weighted by Crippen LogP contribution is -2.13.